The van der Waals surface area contributed by atoms with Crippen molar-refractivity contribution in [3.05, 3.63) is 29.8 Å². The zero-order valence-corrected chi connectivity index (χ0v) is 16.7. The van der Waals surface area contributed by atoms with Crippen molar-refractivity contribution in [1.29, 1.82) is 0 Å². The predicted molar refractivity (Wildman–Crippen MR) is 107 cm³/mol. The number of unbranched alkanes of at least 4 members (excludes halogenated alkanes) is 1. The first-order valence-corrected chi connectivity index (χ1v) is 10.4. The molecule has 5 heteroatoms. The van der Waals surface area contributed by atoms with Gasteiger partial charge in [-0.05, 0) is 43.4 Å². The number of rotatable bonds is 7. The number of benzene rings is 1. The molecule has 1 heterocycles. The van der Waals surface area contributed by atoms with Gasteiger partial charge in [0.2, 0.25) is 5.91 Å². The smallest absolute Gasteiger partial charge is 0.234 e. The maximum Gasteiger partial charge on any atom is 0.234 e. The van der Waals surface area contributed by atoms with Crippen LogP contribution in [0.15, 0.2) is 24.3 Å². The molecule has 2 N–H and O–H groups in total. The highest BCUT2D eigenvalue weighted by molar-refractivity contribution is 5.78. The van der Waals surface area contributed by atoms with Crippen LogP contribution < -0.4 is 10.1 Å². The van der Waals surface area contributed by atoms with E-state index >= 15 is 0 Å². The molecule has 1 aliphatic heterocycles. The molecule has 1 amide bonds. The van der Waals surface area contributed by atoms with Crippen molar-refractivity contribution in [2.75, 3.05) is 26.7 Å². The number of ether oxygens (including phenoxy) is 1. The Morgan fingerprint density at radius 1 is 1.30 bits per heavy atom. The second-order valence-corrected chi connectivity index (χ2v) is 8.10. The summed E-state index contributed by atoms with van der Waals surface area (Å²) in [4.78, 5) is 14.7. The van der Waals surface area contributed by atoms with E-state index in [1.165, 1.54) is 5.56 Å². The molecular formula is C22H34N2O3. The monoisotopic (exact) mass is 374 g/mol. The molecule has 2 fully saturated rings. The minimum absolute atomic E-state index is 0.0758. The molecule has 5 nitrogen and oxygen atoms in total. The molecule has 0 radical (unpaired) electrons. The van der Waals surface area contributed by atoms with Gasteiger partial charge in [0.25, 0.3) is 0 Å². The molecule has 150 valence electrons. The first-order valence-electron chi connectivity index (χ1n) is 10.4. The molecule has 0 unspecified atom stereocenters. The van der Waals surface area contributed by atoms with Crippen molar-refractivity contribution in [1.82, 2.24) is 10.2 Å². The summed E-state index contributed by atoms with van der Waals surface area (Å²) < 4.78 is 5.30. The number of aliphatic hydroxyl groups is 1. The van der Waals surface area contributed by atoms with Crippen molar-refractivity contribution in [2.45, 2.75) is 63.5 Å². The van der Waals surface area contributed by atoms with E-state index in [2.05, 4.69) is 29.3 Å². The number of hydrogen-bond donors (Lipinski definition) is 2. The zero-order valence-electron chi connectivity index (χ0n) is 16.7. The van der Waals surface area contributed by atoms with Gasteiger partial charge in [-0.25, -0.2) is 0 Å². The Kier molecular flexibility index (Phi) is 6.77. The lowest BCUT2D eigenvalue weighted by Gasteiger charge is -2.52. The maximum atomic E-state index is 12.5. The van der Waals surface area contributed by atoms with Crippen LogP contribution in [0, 0.1) is 5.92 Å². The van der Waals surface area contributed by atoms with Gasteiger partial charge in [-0.15, -0.1) is 0 Å². The Labute approximate surface area is 163 Å². The fraction of sp³-hybridized carbons (Fsp3) is 0.682. The van der Waals surface area contributed by atoms with Gasteiger partial charge in [-0.2, -0.15) is 0 Å². The van der Waals surface area contributed by atoms with Gasteiger partial charge in [0.1, 0.15) is 5.75 Å². The Morgan fingerprint density at radius 2 is 2.07 bits per heavy atom. The average molecular weight is 375 g/mol. The largest absolute Gasteiger partial charge is 0.497 e. The van der Waals surface area contributed by atoms with Crippen molar-refractivity contribution in [3.63, 3.8) is 0 Å². The molecule has 0 aromatic heterocycles. The van der Waals surface area contributed by atoms with E-state index in [4.69, 9.17) is 4.74 Å². The van der Waals surface area contributed by atoms with E-state index in [0.717, 1.165) is 63.8 Å². The van der Waals surface area contributed by atoms with Crippen LogP contribution in [-0.2, 0) is 4.79 Å². The summed E-state index contributed by atoms with van der Waals surface area (Å²) in [5.74, 6) is 1.09. The first kappa shape index (κ1) is 20.2. The van der Waals surface area contributed by atoms with Crippen molar-refractivity contribution in [2.24, 2.45) is 5.92 Å². The molecule has 3 atom stereocenters. The number of likely N-dealkylation sites (tertiary alicyclic amines) is 1. The molecular weight excluding hydrogens is 340 g/mol. The zero-order chi connectivity index (χ0) is 19.3. The van der Waals surface area contributed by atoms with Crippen LogP contribution in [0.25, 0.3) is 0 Å². The number of piperidine rings is 1. The Hall–Kier alpha value is -1.59. The lowest BCUT2D eigenvalue weighted by atomic mass is 9.66. The van der Waals surface area contributed by atoms with Crippen molar-refractivity contribution in [3.8, 4) is 5.75 Å². The van der Waals surface area contributed by atoms with Gasteiger partial charge < -0.3 is 15.2 Å². The first-order chi connectivity index (χ1) is 13.1. The van der Waals surface area contributed by atoms with Crippen LogP contribution in [0.4, 0.5) is 0 Å². The fourth-order valence-electron chi connectivity index (χ4n) is 4.81. The Bertz CT molecular complexity index is 618. The maximum absolute atomic E-state index is 12.5. The van der Waals surface area contributed by atoms with Gasteiger partial charge in [0.15, 0.2) is 0 Å². The minimum atomic E-state index is -0.599. The topological polar surface area (TPSA) is 61.8 Å². The third-order valence-electron chi connectivity index (χ3n) is 6.33. The molecule has 1 aromatic carbocycles. The van der Waals surface area contributed by atoms with Crippen molar-refractivity contribution >= 4 is 5.91 Å². The molecule has 1 aromatic rings. The number of nitrogens with one attached hydrogen (secondary N) is 1. The summed E-state index contributed by atoms with van der Waals surface area (Å²) in [6.45, 7) is 4.02. The number of carbonyl (C=O) groups is 1. The summed E-state index contributed by atoms with van der Waals surface area (Å²) >= 11 is 0. The van der Waals surface area contributed by atoms with E-state index in [1.807, 2.05) is 12.1 Å². The van der Waals surface area contributed by atoms with Gasteiger partial charge in [0.05, 0.1) is 19.3 Å². The molecule has 1 saturated carbocycles. The summed E-state index contributed by atoms with van der Waals surface area (Å²) in [5.41, 5.74) is 0.570. The highest BCUT2D eigenvalue weighted by Crippen LogP contribution is 2.49. The summed E-state index contributed by atoms with van der Waals surface area (Å²) in [5, 5.41) is 14.3. The van der Waals surface area contributed by atoms with E-state index in [9.17, 15) is 9.90 Å². The molecule has 1 aliphatic carbocycles. The van der Waals surface area contributed by atoms with Crippen LogP contribution in [0.2, 0.25) is 0 Å². The third-order valence-corrected chi connectivity index (χ3v) is 6.33. The van der Waals surface area contributed by atoms with Crippen LogP contribution in [0.1, 0.15) is 63.5 Å². The van der Waals surface area contributed by atoms with Crippen LogP contribution >= 0.6 is 0 Å². The number of fused-ring (bicyclic) bond motifs is 1. The Balaban J connectivity index is 1.81. The second kappa shape index (κ2) is 9.07. The number of carbonyl (C=O) groups excluding carboxylic acids is 1. The summed E-state index contributed by atoms with van der Waals surface area (Å²) in [6, 6.07) is 8.21. The van der Waals surface area contributed by atoms with Gasteiger partial charge in [-0.3, -0.25) is 9.69 Å². The molecule has 2 aliphatic rings. The second-order valence-electron chi connectivity index (χ2n) is 8.10. The average Bonchev–Trinajstić information content (AvgIpc) is 2.68. The highest BCUT2D eigenvalue weighted by Gasteiger charge is 2.49. The highest BCUT2D eigenvalue weighted by atomic mass is 16.5. The number of hydrogen-bond acceptors (Lipinski definition) is 4. The van der Waals surface area contributed by atoms with Crippen LogP contribution in [-0.4, -0.2) is 48.3 Å². The fourth-order valence-corrected chi connectivity index (χ4v) is 4.81. The van der Waals surface area contributed by atoms with E-state index in [1.54, 1.807) is 7.11 Å². The van der Waals surface area contributed by atoms with Gasteiger partial charge in [-0.1, -0.05) is 38.3 Å². The molecule has 27 heavy (non-hydrogen) atoms. The number of nitrogens with zero attached hydrogens (tertiary/aromatic N) is 1. The number of methoxy groups -OCH3 is 1. The van der Waals surface area contributed by atoms with Crippen LogP contribution in [0.3, 0.4) is 0 Å². The van der Waals surface area contributed by atoms with E-state index in [-0.39, 0.29) is 17.9 Å². The molecule has 3 rings (SSSR count). The normalized spacial score (nSPS) is 28.4. The molecule has 0 spiro atoms. The quantitative estimate of drug-likeness (QED) is 0.719. The summed E-state index contributed by atoms with van der Waals surface area (Å²) in [6.07, 6.45) is 6.98. The predicted octanol–water partition coefficient (Wildman–Crippen LogP) is 3.28. The third kappa shape index (κ3) is 4.64. The van der Waals surface area contributed by atoms with Crippen molar-refractivity contribution < 1.29 is 14.6 Å². The summed E-state index contributed by atoms with van der Waals surface area (Å²) in [7, 11) is 1.67. The standard InChI is InChI=1S/C22H34N2O3/c1-3-4-14-23-20(25)16-24-15-13-22(26)12-6-5-7-19(22)21(24)17-8-10-18(27-2)11-9-17/h8-11,19,21,26H,3-7,12-16H2,1-2H3,(H,23,25)/t19-,21+,22+/m1/s1. The molecule has 1 saturated heterocycles. The number of amides is 1. The van der Waals surface area contributed by atoms with Gasteiger partial charge in [0, 0.05) is 25.0 Å². The Morgan fingerprint density at radius 3 is 2.78 bits per heavy atom. The van der Waals surface area contributed by atoms with Crippen LogP contribution in [0.5, 0.6) is 5.75 Å². The minimum Gasteiger partial charge on any atom is -0.497 e. The SMILES string of the molecule is CCCCNC(=O)CN1CC[C@@]2(O)CCCC[C@@H]2[C@@H]1c1ccc(OC)cc1. The molecule has 0 bridgehead atoms. The lowest BCUT2D eigenvalue weighted by Crippen LogP contribution is -2.56. The van der Waals surface area contributed by atoms with Gasteiger partial charge >= 0.3 is 0 Å². The van der Waals surface area contributed by atoms with E-state index < -0.39 is 5.60 Å². The van der Waals surface area contributed by atoms with E-state index in [0.29, 0.717) is 6.54 Å². The lowest BCUT2D eigenvalue weighted by molar-refractivity contribution is -0.137.